The van der Waals surface area contributed by atoms with Crippen molar-refractivity contribution in [3.8, 4) is 28.6 Å². The Balaban J connectivity index is 1.24. The van der Waals surface area contributed by atoms with Crippen molar-refractivity contribution in [3.63, 3.8) is 0 Å². The molecule has 4 aromatic rings. The van der Waals surface area contributed by atoms with Gasteiger partial charge in [-0.3, -0.25) is 0 Å². The van der Waals surface area contributed by atoms with Crippen LogP contribution in [-0.4, -0.2) is 51.9 Å². The number of amidine groups is 1. The first kappa shape index (κ1) is 26.3. The molecule has 8 nitrogen and oxygen atoms in total. The highest BCUT2D eigenvalue weighted by Gasteiger charge is 2.31. The number of hydrogen-bond acceptors (Lipinski definition) is 7. The summed E-state index contributed by atoms with van der Waals surface area (Å²) in [5, 5.41) is 14.0. The van der Waals surface area contributed by atoms with Crippen molar-refractivity contribution in [3.05, 3.63) is 84.2 Å². The molecule has 0 spiro atoms. The molecule has 5 rings (SSSR count). The van der Waals surface area contributed by atoms with Crippen LogP contribution in [0.1, 0.15) is 11.1 Å². The minimum absolute atomic E-state index is 0.302. The van der Waals surface area contributed by atoms with E-state index in [-0.39, 0.29) is 5.75 Å². The lowest BCUT2D eigenvalue weighted by molar-refractivity contribution is -0.274. The summed E-state index contributed by atoms with van der Waals surface area (Å²) in [6.07, 6.45) is -1.56. The van der Waals surface area contributed by atoms with Gasteiger partial charge in [-0.1, -0.05) is 36.0 Å². The summed E-state index contributed by atoms with van der Waals surface area (Å²) < 4.78 is 47.8. The highest BCUT2D eigenvalue weighted by molar-refractivity contribution is 8.14. The monoisotopic (exact) mass is 552 g/mol. The maximum Gasteiger partial charge on any atom is 0.573 e. The molecular weight excluding hydrogens is 529 g/mol. The van der Waals surface area contributed by atoms with E-state index in [2.05, 4.69) is 29.9 Å². The standard InChI is InChI=1S/C27H23F3N6O2S/c1-18-15-23(37-2)11-12-24(18)35-13-14-39-26(35)33-32-16-19-3-5-20(6-4-19)25-31-17-36(34-25)21-7-9-22(10-8-21)38-27(28,29)30/h3-12,15-17H,13-14H2,1-2H3/b32-16+,33-26-. The highest BCUT2D eigenvalue weighted by Crippen LogP contribution is 2.31. The Morgan fingerprint density at radius 3 is 2.44 bits per heavy atom. The molecule has 0 aliphatic carbocycles. The molecule has 1 aromatic heterocycles. The number of hydrogen-bond donors (Lipinski definition) is 0. The van der Waals surface area contributed by atoms with Gasteiger partial charge in [0.15, 0.2) is 11.0 Å². The fourth-order valence-electron chi connectivity index (χ4n) is 3.95. The Morgan fingerprint density at radius 1 is 1.00 bits per heavy atom. The second-order valence-corrected chi connectivity index (χ2v) is 9.52. The number of aryl methyl sites for hydroxylation is 1. The van der Waals surface area contributed by atoms with Crippen LogP contribution in [0.3, 0.4) is 0 Å². The summed E-state index contributed by atoms with van der Waals surface area (Å²) in [5.41, 5.74) is 4.37. The molecule has 0 atom stereocenters. The van der Waals surface area contributed by atoms with E-state index in [9.17, 15) is 13.2 Å². The zero-order valence-electron chi connectivity index (χ0n) is 21.0. The van der Waals surface area contributed by atoms with Gasteiger partial charge in [-0.15, -0.1) is 23.4 Å². The number of anilines is 1. The van der Waals surface area contributed by atoms with Crippen molar-refractivity contribution in [1.29, 1.82) is 0 Å². The second kappa shape index (κ2) is 11.2. The van der Waals surface area contributed by atoms with E-state index >= 15 is 0 Å². The van der Waals surface area contributed by atoms with E-state index in [1.807, 2.05) is 49.4 Å². The zero-order valence-corrected chi connectivity index (χ0v) is 21.8. The van der Waals surface area contributed by atoms with Crippen molar-refractivity contribution >= 4 is 28.8 Å². The smallest absolute Gasteiger partial charge is 0.497 e. The summed E-state index contributed by atoms with van der Waals surface area (Å²) in [6, 6.07) is 18.9. The van der Waals surface area contributed by atoms with Crippen LogP contribution in [-0.2, 0) is 0 Å². The Labute approximate surface area is 226 Å². The summed E-state index contributed by atoms with van der Waals surface area (Å²) in [4.78, 5) is 6.46. The van der Waals surface area contributed by atoms with Gasteiger partial charge >= 0.3 is 6.36 Å². The first-order valence-electron chi connectivity index (χ1n) is 11.8. The number of rotatable bonds is 7. The van der Waals surface area contributed by atoms with Crippen molar-refractivity contribution < 1.29 is 22.6 Å². The lowest BCUT2D eigenvalue weighted by Gasteiger charge is -2.20. The summed E-state index contributed by atoms with van der Waals surface area (Å²) in [5.74, 6) is 1.92. The van der Waals surface area contributed by atoms with E-state index in [1.54, 1.807) is 25.1 Å². The predicted octanol–water partition coefficient (Wildman–Crippen LogP) is 6.09. The first-order valence-corrected chi connectivity index (χ1v) is 12.8. The maximum absolute atomic E-state index is 12.4. The van der Waals surface area contributed by atoms with Gasteiger partial charge in [0, 0.05) is 23.5 Å². The largest absolute Gasteiger partial charge is 0.573 e. The number of nitrogens with zero attached hydrogens (tertiary/aromatic N) is 6. The third kappa shape index (κ3) is 6.40. The van der Waals surface area contributed by atoms with Crippen LogP contribution in [0.4, 0.5) is 18.9 Å². The number of aromatic nitrogens is 3. The molecule has 200 valence electrons. The van der Waals surface area contributed by atoms with Crippen molar-refractivity contribution in [1.82, 2.24) is 14.8 Å². The van der Waals surface area contributed by atoms with E-state index in [0.29, 0.717) is 11.5 Å². The van der Waals surface area contributed by atoms with Gasteiger partial charge in [0.2, 0.25) is 0 Å². The van der Waals surface area contributed by atoms with Gasteiger partial charge in [0.25, 0.3) is 0 Å². The van der Waals surface area contributed by atoms with Crippen molar-refractivity contribution in [2.45, 2.75) is 13.3 Å². The molecule has 0 amide bonds. The summed E-state index contributed by atoms with van der Waals surface area (Å²) in [7, 11) is 1.65. The van der Waals surface area contributed by atoms with Crippen molar-refractivity contribution in [2.24, 2.45) is 10.2 Å². The number of benzene rings is 3. The molecule has 1 aliphatic heterocycles. The zero-order chi connectivity index (χ0) is 27.4. The van der Waals surface area contributed by atoms with E-state index in [0.717, 1.165) is 45.6 Å². The van der Waals surface area contributed by atoms with Gasteiger partial charge < -0.3 is 14.4 Å². The molecule has 0 unspecified atom stereocenters. The SMILES string of the molecule is COc1ccc(N2CCS/C2=N\N=C\c2ccc(-c3ncn(-c4ccc(OC(F)(F)F)cc4)n3)cc2)c(C)c1. The minimum atomic E-state index is -4.74. The number of thioether (sulfide) groups is 1. The molecular formula is C27H23F3N6O2S. The Bertz CT molecular complexity index is 1500. The molecule has 0 saturated carbocycles. The third-order valence-corrected chi connectivity index (χ3v) is 6.76. The molecule has 0 bridgehead atoms. The number of methoxy groups -OCH3 is 1. The molecule has 0 radical (unpaired) electrons. The molecule has 1 fully saturated rings. The maximum atomic E-state index is 12.4. The minimum Gasteiger partial charge on any atom is -0.497 e. The Morgan fingerprint density at radius 2 is 1.74 bits per heavy atom. The van der Waals surface area contributed by atoms with Crippen LogP contribution in [0.5, 0.6) is 11.5 Å². The van der Waals surface area contributed by atoms with Crippen molar-refractivity contribution in [2.75, 3.05) is 24.3 Å². The Hall–Kier alpha value is -4.32. The van der Waals surface area contributed by atoms with E-state index in [4.69, 9.17) is 4.74 Å². The third-order valence-electron chi connectivity index (χ3n) is 5.82. The molecule has 39 heavy (non-hydrogen) atoms. The highest BCUT2D eigenvalue weighted by atomic mass is 32.2. The fourth-order valence-corrected chi connectivity index (χ4v) is 4.86. The quantitative estimate of drug-likeness (QED) is 0.204. The van der Waals surface area contributed by atoms with Crippen LogP contribution >= 0.6 is 11.8 Å². The van der Waals surface area contributed by atoms with Crippen LogP contribution < -0.4 is 14.4 Å². The molecule has 1 saturated heterocycles. The van der Waals surface area contributed by atoms with Crippen LogP contribution in [0.25, 0.3) is 17.1 Å². The van der Waals surface area contributed by atoms with Gasteiger partial charge in [0.05, 0.1) is 19.0 Å². The molecule has 12 heteroatoms. The molecule has 0 N–H and O–H groups in total. The summed E-state index contributed by atoms with van der Waals surface area (Å²) in [6.45, 7) is 2.90. The Kier molecular flexibility index (Phi) is 7.55. The lowest BCUT2D eigenvalue weighted by atomic mass is 10.1. The van der Waals surface area contributed by atoms with Crippen LogP contribution in [0, 0.1) is 6.92 Å². The number of alkyl halides is 3. The second-order valence-electron chi connectivity index (χ2n) is 8.46. The van der Waals surface area contributed by atoms with Gasteiger partial charge in [0.1, 0.15) is 17.8 Å². The average molecular weight is 553 g/mol. The molecule has 1 aliphatic rings. The van der Waals surface area contributed by atoms with Gasteiger partial charge in [-0.2, -0.15) is 5.10 Å². The number of halogens is 3. The fraction of sp³-hybridized carbons (Fsp3) is 0.185. The average Bonchev–Trinajstić information content (AvgIpc) is 3.59. The summed E-state index contributed by atoms with van der Waals surface area (Å²) >= 11 is 1.66. The van der Waals surface area contributed by atoms with E-state index in [1.165, 1.54) is 35.3 Å². The topological polar surface area (TPSA) is 77.1 Å². The van der Waals surface area contributed by atoms with Gasteiger partial charge in [-0.05, 0) is 60.5 Å². The van der Waals surface area contributed by atoms with Crippen LogP contribution in [0.15, 0.2) is 83.3 Å². The van der Waals surface area contributed by atoms with Crippen LogP contribution in [0.2, 0.25) is 0 Å². The first-order chi connectivity index (χ1) is 18.8. The van der Waals surface area contributed by atoms with Gasteiger partial charge in [-0.25, -0.2) is 9.67 Å². The van der Waals surface area contributed by atoms with E-state index < -0.39 is 6.36 Å². The normalized spacial score (nSPS) is 14.9. The number of ether oxygens (including phenoxy) is 2. The predicted molar refractivity (Wildman–Crippen MR) is 146 cm³/mol. The molecule has 3 aromatic carbocycles. The molecule has 2 heterocycles. The lowest BCUT2D eigenvalue weighted by Crippen LogP contribution is -2.24.